The Balaban J connectivity index is 1.48. The molecule has 1 aromatic carbocycles. The molecule has 0 aliphatic rings. The summed E-state index contributed by atoms with van der Waals surface area (Å²) in [5.74, 6) is 0.102. The summed E-state index contributed by atoms with van der Waals surface area (Å²) in [6, 6.07) is 12.0. The van der Waals surface area contributed by atoms with Crippen LogP contribution in [0.25, 0.3) is 16.9 Å². The van der Waals surface area contributed by atoms with Crippen molar-refractivity contribution in [2.24, 2.45) is 0 Å². The Morgan fingerprint density at radius 3 is 2.43 bits per heavy atom. The van der Waals surface area contributed by atoms with Gasteiger partial charge in [0.1, 0.15) is 5.65 Å². The molecule has 1 amide bonds. The van der Waals surface area contributed by atoms with Crippen molar-refractivity contribution < 1.29 is 4.79 Å². The number of anilines is 1. The summed E-state index contributed by atoms with van der Waals surface area (Å²) < 4.78 is 2.04. The molecule has 0 bridgehead atoms. The Morgan fingerprint density at radius 1 is 1.00 bits per heavy atom. The molecule has 0 fully saturated rings. The fourth-order valence-electron chi connectivity index (χ4n) is 3.48. The van der Waals surface area contributed by atoms with Gasteiger partial charge >= 0.3 is 0 Å². The molecule has 0 aliphatic carbocycles. The van der Waals surface area contributed by atoms with Gasteiger partial charge in [0.2, 0.25) is 5.91 Å². The zero-order valence-electron chi connectivity index (χ0n) is 17.1. The predicted molar refractivity (Wildman–Crippen MR) is 117 cm³/mol. The maximum Gasteiger partial charge on any atom is 0.224 e. The zero-order chi connectivity index (χ0) is 19.8. The number of amides is 1. The standard InChI is InChI=1S/C24H31N3O/c1-3-4-5-6-7-8-9-12-23(28)25-21-15-13-20(14-16-21)22-18-27-17-10-11-19(2)24(27)26-22/h10-11,13-18H,3-9,12H2,1-2H3,(H,25,28). The summed E-state index contributed by atoms with van der Waals surface area (Å²) in [7, 11) is 0. The van der Waals surface area contributed by atoms with E-state index in [9.17, 15) is 4.79 Å². The molecule has 0 saturated carbocycles. The number of fused-ring (bicyclic) bond motifs is 1. The second-order valence-electron chi connectivity index (χ2n) is 7.55. The van der Waals surface area contributed by atoms with Gasteiger partial charge in [-0.15, -0.1) is 0 Å². The van der Waals surface area contributed by atoms with Crippen LogP contribution in [0.2, 0.25) is 0 Å². The third kappa shape index (κ3) is 5.44. The van der Waals surface area contributed by atoms with Gasteiger partial charge in [0, 0.05) is 30.1 Å². The van der Waals surface area contributed by atoms with Crippen LogP contribution in [0.3, 0.4) is 0 Å². The molecule has 3 aromatic rings. The van der Waals surface area contributed by atoms with Crippen molar-refractivity contribution >= 4 is 17.2 Å². The first-order valence-corrected chi connectivity index (χ1v) is 10.5. The number of carbonyl (C=O) groups is 1. The SMILES string of the molecule is CCCCCCCCCC(=O)Nc1ccc(-c2cn3cccc(C)c3n2)cc1. The van der Waals surface area contributed by atoms with Crippen LogP contribution in [0.15, 0.2) is 48.8 Å². The molecule has 0 saturated heterocycles. The van der Waals surface area contributed by atoms with Crippen molar-refractivity contribution in [3.8, 4) is 11.3 Å². The normalized spacial score (nSPS) is 11.1. The smallest absolute Gasteiger partial charge is 0.224 e. The van der Waals surface area contributed by atoms with Crippen LogP contribution in [-0.2, 0) is 4.79 Å². The number of hydrogen-bond acceptors (Lipinski definition) is 2. The van der Waals surface area contributed by atoms with Crippen molar-refractivity contribution in [2.45, 2.75) is 65.2 Å². The fraction of sp³-hybridized carbons (Fsp3) is 0.417. The number of benzene rings is 1. The minimum atomic E-state index is 0.102. The highest BCUT2D eigenvalue weighted by Gasteiger charge is 2.07. The lowest BCUT2D eigenvalue weighted by molar-refractivity contribution is -0.116. The maximum absolute atomic E-state index is 12.1. The molecule has 0 aliphatic heterocycles. The topological polar surface area (TPSA) is 46.4 Å². The minimum Gasteiger partial charge on any atom is -0.326 e. The molecular weight excluding hydrogens is 346 g/mol. The van der Waals surface area contributed by atoms with Gasteiger partial charge in [-0.25, -0.2) is 4.98 Å². The van der Waals surface area contributed by atoms with Crippen molar-refractivity contribution in [1.82, 2.24) is 9.38 Å². The minimum absolute atomic E-state index is 0.102. The lowest BCUT2D eigenvalue weighted by atomic mass is 10.1. The predicted octanol–water partition coefficient (Wildman–Crippen LogP) is 6.39. The van der Waals surface area contributed by atoms with Crippen molar-refractivity contribution in [3.63, 3.8) is 0 Å². The number of pyridine rings is 1. The van der Waals surface area contributed by atoms with Gasteiger partial charge in [-0.3, -0.25) is 4.79 Å². The van der Waals surface area contributed by atoms with Crippen LogP contribution in [0, 0.1) is 6.92 Å². The second kappa shape index (κ2) is 10.1. The number of nitrogens with one attached hydrogen (secondary N) is 1. The van der Waals surface area contributed by atoms with Crippen LogP contribution in [0.4, 0.5) is 5.69 Å². The van der Waals surface area contributed by atoms with Gasteiger partial charge in [0.15, 0.2) is 0 Å². The van der Waals surface area contributed by atoms with E-state index in [1.54, 1.807) is 0 Å². The summed E-state index contributed by atoms with van der Waals surface area (Å²) in [6.45, 7) is 4.30. The lowest BCUT2D eigenvalue weighted by Gasteiger charge is -2.06. The van der Waals surface area contributed by atoms with E-state index in [0.29, 0.717) is 6.42 Å². The highest BCUT2D eigenvalue weighted by Crippen LogP contribution is 2.22. The Kier molecular flexibility index (Phi) is 7.24. The molecule has 0 unspecified atom stereocenters. The van der Waals surface area contributed by atoms with E-state index in [0.717, 1.165) is 41.0 Å². The Hall–Kier alpha value is -2.62. The largest absolute Gasteiger partial charge is 0.326 e. The molecule has 148 valence electrons. The number of aromatic nitrogens is 2. The van der Waals surface area contributed by atoms with Crippen LogP contribution in [0.5, 0.6) is 0 Å². The van der Waals surface area contributed by atoms with E-state index < -0.39 is 0 Å². The van der Waals surface area contributed by atoms with Crippen LogP contribution in [0.1, 0.15) is 63.9 Å². The van der Waals surface area contributed by atoms with Crippen molar-refractivity contribution in [3.05, 3.63) is 54.4 Å². The van der Waals surface area contributed by atoms with Crippen molar-refractivity contribution in [1.29, 1.82) is 0 Å². The molecule has 2 heterocycles. The Morgan fingerprint density at radius 2 is 1.71 bits per heavy atom. The Bertz CT molecular complexity index is 896. The molecule has 28 heavy (non-hydrogen) atoms. The number of imidazole rings is 1. The van der Waals surface area contributed by atoms with E-state index in [1.165, 1.54) is 32.1 Å². The average Bonchev–Trinajstić information content (AvgIpc) is 3.14. The molecule has 0 radical (unpaired) electrons. The number of rotatable bonds is 10. The quantitative estimate of drug-likeness (QED) is 0.416. The number of carbonyl (C=O) groups excluding carboxylic acids is 1. The third-order valence-corrected chi connectivity index (χ3v) is 5.15. The highest BCUT2D eigenvalue weighted by atomic mass is 16.1. The van der Waals surface area contributed by atoms with Gasteiger partial charge in [-0.05, 0) is 37.1 Å². The van der Waals surface area contributed by atoms with Gasteiger partial charge in [0.05, 0.1) is 5.69 Å². The number of unbranched alkanes of at least 4 members (excludes halogenated alkanes) is 6. The average molecular weight is 378 g/mol. The van der Waals surface area contributed by atoms with E-state index in [4.69, 9.17) is 4.98 Å². The number of hydrogen-bond donors (Lipinski definition) is 1. The first-order valence-electron chi connectivity index (χ1n) is 10.5. The lowest BCUT2D eigenvalue weighted by Crippen LogP contribution is -2.10. The molecule has 0 spiro atoms. The van der Waals surface area contributed by atoms with E-state index in [2.05, 4.69) is 25.2 Å². The monoisotopic (exact) mass is 377 g/mol. The first kappa shape index (κ1) is 20.1. The molecule has 3 rings (SSSR count). The summed E-state index contributed by atoms with van der Waals surface area (Å²) in [5, 5.41) is 3.00. The van der Waals surface area contributed by atoms with E-state index in [1.807, 2.05) is 47.1 Å². The fourth-order valence-corrected chi connectivity index (χ4v) is 3.48. The van der Waals surface area contributed by atoms with Gasteiger partial charge in [-0.1, -0.05) is 63.6 Å². The van der Waals surface area contributed by atoms with Gasteiger partial charge in [-0.2, -0.15) is 0 Å². The zero-order valence-corrected chi connectivity index (χ0v) is 17.1. The maximum atomic E-state index is 12.1. The second-order valence-corrected chi connectivity index (χ2v) is 7.55. The molecule has 4 heteroatoms. The number of aryl methyl sites for hydroxylation is 1. The molecule has 1 N–H and O–H groups in total. The summed E-state index contributed by atoms with van der Waals surface area (Å²) >= 11 is 0. The summed E-state index contributed by atoms with van der Waals surface area (Å²) in [5.41, 5.74) is 4.97. The Labute approximate surface area is 168 Å². The summed E-state index contributed by atoms with van der Waals surface area (Å²) in [6.07, 6.45) is 13.2. The number of nitrogens with zero attached hydrogens (tertiary/aromatic N) is 2. The van der Waals surface area contributed by atoms with Gasteiger partial charge < -0.3 is 9.72 Å². The van der Waals surface area contributed by atoms with E-state index in [-0.39, 0.29) is 5.91 Å². The molecule has 4 nitrogen and oxygen atoms in total. The van der Waals surface area contributed by atoms with Crippen LogP contribution < -0.4 is 5.32 Å². The first-order chi connectivity index (χ1) is 13.7. The van der Waals surface area contributed by atoms with Gasteiger partial charge in [0.25, 0.3) is 0 Å². The molecule has 0 atom stereocenters. The van der Waals surface area contributed by atoms with Crippen LogP contribution in [-0.4, -0.2) is 15.3 Å². The van der Waals surface area contributed by atoms with Crippen LogP contribution >= 0.6 is 0 Å². The summed E-state index contributed by atoms with van der Waals surface area (Å²) in [4.78, 5) is 16.9. The molecular formula is C24H31N3O. The third-order valence-electron chi connectivity index (χ3n) is 5.15. The van der Waals surface area contributed by atoms with Crippen molar-refractivity contribution in [2.75, 3.05) is 5.32 Å². The molecule has 2 aromatic heterocycles. The van der Waals surface area contributed by atoms with E-state index >= 15 is 0 Å². The highest BCUT2D eigenvalue weighted by molar-refractivity contribution is 5.90.